The molecule has 0 aromatic carbocycles. The second-order valence-electron chi connectivity index (χ2n) is 3.97. The summed E-state index contributed by atoms with van der Waals surface area (Å²) in [5.41, 5.74) is 1.37. The third-order valence-electron chi connectivity index (χ3n) is 2.35. The van der Waals surface area contributed by atoms with Crippen LogP contribution in [0.25, 0.3) is 0 Å². The van der Waals surface area contributed by atoms with Crippen LogP contribution in [0.4, 0.5) is 10.5 Å². The van der Waals surface area contributed by atoms with Gasteiger partial charge in [-0.25, -0.2) is 9.59 Å². The highest BCUT2D eigenvalue weighted by Crippen LogP contribution is 2.05. The molecule has 18 heavy (non-hydrogen) atoms. The molecule has 1 heterocycles. The van der Waals surface area contributed by atoms with Gasteiger partial charge in [-0.2, -0.15) is 0 Å². The number of pyridine rings is 1. The fourth-order valence-corrected chi connectivity index (χ4v) is 1.41. The van der Waals surface area contributed by atoms with E-state index in [-0.39, 0.29) is 0 Å². The van der Waals surface area contributed by atoms with Crippen LogP contribution in [-0.4, -0.2) is 28.1 Å². The molecule has 1 aromatic heterocycles. The van der Waals surface area contributed by atoms with Crippen molar-refractivity contribution < 1.29 is 14.7 Å². The Kier molecular flexibility index (Phi) is 5.10. The molecule has 1 rings (SSSR count). The second kappa shape index (κ2) is 6.58. The van der Waals surface area contributed by atoms with Gasteiger partial charge in [0, 0.05) is 5.69 Å². The molecule has 98 valence electrons. The molecule has 0 saturated heterocycles. The van der Waals surface area contributed by atoms with Crippen LogP contribution in [0, 0.1) is 6.92 Å². The number of carboxylic acids is 1. The molecule has 2 amide bonds. The monoisotopic (exact) mass is 251 g/mol. The van der Waals surface area contributed by atoms with Crippen molar-refractivity contribution in [3.05, 3.63) is 24.0 Å². The molecule has 6 nitrogen and oxygen atoms in total. The Morgan fingerprint density at radius 3 is 2.67 bits per heavy atom. The highest BCUT2D eigenvalue weighted by Gasteiger charge is 2.18. The Balaban J connectivity index is 2.54. The van der Waals surface area contributed by atoms with E-state index in [2.05, 4.69) is 15.6 Å². The lowest BCUT2D eigenvalue weighted by Gasteiger charge is -2.14. The third-order valence-corrected chi connectivity index (χ3v) is 2.35. The van der Waals surface area contributed by atoms with Crippen molar-refractivity contribution >= 4 is 17.7 Å². The van der Waals surface area contributed by atoms with Gasteiger partial charge in [-0.1, -0.05) is 13.3 Å². The van der Waals surface area contributed by atoms with E-state index in [0.29, 0.717) is 18.5 Å². The zero-order chi connectivity index (χ0) is 13.5. The summed E-state index contributed by atoms with van der Waals surface area (Å²) in [6, 6.07) is 2.06. The summed E-state index contributed by atoms with van der Waals surface area (Å²) >= 11 is 0. The first-order valence-corrected chi connectivity index (χ1v) is 5.76. The Morgan fingerprint density at radius 1 is 1.44 bits per heavy atom. The fraction of sp³-hybridized carbons (Fsp3) is 0.417. The van der Waals surface area contributed by atoms with E-state index in [1.165, 1.54) is 6.20 Å². The van der Waals surface area contributed by atoms with E-state index in [9.17, 15) is 9.59 Å². The molecule has 0 radical (unpaired) electrons. The lowest BCUT2D eigenvalue weighted by atomic mass is 10.2. The summed E-state index contributed by atoms with van der Waals surface area (Å²) < 4.78 is 0. The van der Waals surface area contributed by atoms with Crippen molar-refractivity contribution in [2.45, 2.75) is 32.7 Å². The summed E-state index contributed by atoms with van der Waals surface area (Å²) in [5.74, 6) is -1.03. The van der Waals surface area contributed by atoms with E-state index < -0.39 is 18.0 Å². The van der Waals surface area contributed by atoms with Crippen LogP contribution in [-0.2, 0) is 4.79 Å². The number of nitrogens with zero attached hydrogens (tertiary/aromatic N) is 1. The van der Waals surface area contributed by atoms with Crippen LogP contribution in [0.15, 0.2) is 18.3 Å². The second-order valence-corrected chi connectivity index (χ2v) is 3.97. The van der Waals surface area contributed by atoms with Gasteiger partial charge in [-0.3, -0.25) is 4.98 Å². The van der Waals surface area contributed by atoms with Crippen LogP contribution in [0.3, 0.4) is 0 Å². The molecule has 6 heteroatoms. The maximum Gasteiger partial charge on any atom is 0.326 e. The molecule has 1 aromatic rings. The van der Waals surface area contributed by atoms with Crippen LogP contribution >= 0.6 is 0 Å². The van der Waals surface area contributed by atoms with Crippen LogP contribution in [0.2, 0.25) is 0 Å². The van der Waals surface area contributed by atoms with Gasteiger partial charge in [-0.15, -0.1) is 0 Å². The summed E-state index contributed by atoms with van der Waals surface area (Å²) in [6.45, 7) is 3.70. The molecular formula is C12H17N3O3. The van der Waals surface area contributed by atoms with E-state index in [1.54, 1.807) is 12.1 Å². The number of nitrogens with one attached hydrogen (secondary N) is 2. The molecule has 1 atom stereocenters. The number of rotatable bonds is 5. The van der Waals surface area contributed by atoms with Gasteiger partial charge in [0.05, 0.1) is 11.9 Å². The molecule has 0 spiro atoms. The van der Waals surface area contributed by atoms with E-state index >= 15 is 0 Å². The van der Waals surface area contributed by atoms with Crippen molar-refractivity contribution in [1.29, 1.82) is 0 Å². The van der Waals surface area contributed by atoms with Crippen molar-refractivity contribution in [1.82, 2.24) is 10.3 Å². The molecule has 0 aliphatic rings. The largest absolute Gasteiger partial charge is 0.480 e. The number of aliphatic carboxylic acids is 1. The van der Waals surface area contributed by atoms with Gasteiger partial charge in [-0.05, 0) is 25.5 Å². The fourth-order valence-electron chi connectivity index (χ4n) is 1.41. The average Bonchev–Trinajstić information content (AvgIpc) is 2.31. The van der Waals surface area contributed by atoms with Crippen molar-refractivity contribution in [3.8, 4) is 0 Å². The Hall–Kier alpha value is -2.11. The number of urea groups is 1. The number of anilines is 1. The Bertz CT molecular complexity index is 417. The number of amides is 2. The Labute approximate surface area is 105 Å². The van der Waals surface area contributed by atoms with Gasteiger partial charge >= 0.3 is 12.0 Å². The first-order valence-electron chi connectivity index (χ1n) is 5.76. The molecule has 0 unspecified atom stereocenters. The van der Waals surface area contributed by atoms with Gasteiger partial charge in [0.15, 0.2) is 0 Å². The number of carboxylic acid groups (broad SMARTS) is 1. The minimum absolute atomic E-state index is 0.398. The highest BCUT2D eigenvalue weighted by molar-refractivity contribution is 5.92. The summed E-state index contributed by atoms with van der Waals surface area (Å²) in [7, 11) is 0. The van der Waals surface area contributed by atoms with Crippen LogP contribution in [0.5, 0.6) is 0 Å². The molecule has 0 saturated carbocycles. The van der Waals surface area contributed by atoms with Gasteiger partial charge in [0.2, 0.25) is 0 Å². The lowest BCUT2D eigenvalue weighted by molar-refractivity contribution is -0.139. The molecule has 0 aliphatic carbocycles. The average molecular weight is 251 g/mol. The van der Waals surface area contributed by atoms with Crippen molar-refractivity contribution in [2.24, 2.45) is 0 Å². The normalized spacial score (nSPS) is 11.7. The first kappa shape index (κ1) is 14.0. The SMILES string of the molecule is CCC[C@@H](NC(=O)Nc1ccc(C)nc1)C(=O)O. The molecule has 0 aliphatic heterocycles. The zero-order valence-corrected chi connectivity index (χ0v) is 10.4. The van der Waals surface area contributed by atoms with Gasteiger partial charge < -0.3 is 15.7 Å². The predicted molar refractivity (Wildman–Crippen MR) is 67.5 cm³/mol. The lowest BCUT2D eigenvalue weighted by Crippen LogP contribution is -2.42. The summed E-state index contributed by atoms with van der Waals surface area (Å²) in [4.78, 5) is 26.5. The quantitative estimate of drug-likeness (QED) is 0.743. The molecule has 3 N–H and O–H groups in total. The van der Waals surface area contributed by atoms with Gasteiger partial charge in [0.1, 0.15) is 6.04 Å². The van der Waals surface area contributed by atoms with E-state index in [0.717, 1.165) is 5.69 Å². The van der Waals surface area contributed by atoms with Crippen LogP contribution < -0.4 is 10.6 Å². The standard InChI is InChI=1S/C12H17N3O3/c1-3-4-10(11(16)17)15-12(18)14-9-6-5-8(2)13-7-9/h5-7,10H,3-4H2,1-2H3,(H,16,17)(H2,14,15,18)/t10-/m1/s1. The molecular weight excluding hydrogens is 234 g/mol. The predicted octanol–water partition coefficient (Wildman–Crippen LogP) is 1.76. The first-order chi connectivity index (χ1) is 8.52. The molecule has 0 fully saturated rings. The number of carbonyl (C=O) groups excluding carboxylic acids is 1. The van der Waals surface area contributed by atoms with E-state index in [1.807, 2.05) is 13.8 Å². The summed E-state index contributed by atoms with van der Waals surface area (Å²) in [5, 5.41) is 13.8. The van der Waals surface area contributed by atoms with Crippen LogP contribution in [0.1, 0.15) is 25.5 Å². The number of hydrogen-bond donors (Lipinski definition) is 3. The maximum atomic E-state index is 11.6. The molecule has 0 bridgehead atoms. The third kappa shape index (κ3) is 4.40. The number of carbonyl (C=O) groups is 2. The minimum Gasteiger partial charge on any atom is -0.480 e. The van der Waals surface area contributed by atoms with Crippen molar-refractivity contribution in [3.63, 3.8) is 0 Å². The zero-order valence-electron chi connectivity index (χ0n) is 10.4. The minimum atomic E-state index is -1.03. The highest BCUT2D eigenvalue weighted by atomic mass is 16.4. The topological polar surface area (TPSA) is 91.3 Å². The Morgan fingerprint density at radius 2 is 2.17 bits per heavy atom. The number of hydrogen-bond acceptors (Lipinski definition) is 3. The summed E-state index contributed by atoms with van der Waals surface area (Å²) in [6.07, 6.45) is 2.60. The van der Waals surface area contributed by atoms with E-state index in [4.69, 9.17) is 5.11 Å². The number of aromatic nitrogens is 1. The number of aryl methyl sites for hydroxylation is 1. The maximum absolute atomic E-state index is 11.6. The van der Waals surface area contributed by atoms with Crippen molar-refractivity contribution in [2.75, 3.05) is 5.32 Å². The smallest absolute Gasteiger partial charge is 0.326 e. The van der Waals surface area contributed by atoms with Gasteiger partial charge in [0.25, 0.3) is 0 Å².